The Bertz CT molecular complexity index is 265. The van der Waals surface area contributed by atoms with Gasteiger partial charge in [0, 0.05) is 37.7 Å². The molecule has 0 saturated heterocycles. The topological polar surface area (TPSA) is 47.0 Å². The van der Waals surface area contributed by atoms with Crippen molar-refractivity contribution < 1.29 is 4.74 Å². The standard InChI is InChI=1S/C10H19N3OS/c1-3-6-9-12-10(15-13-9)11-7-5-8-14-4-2/h3-8H2,1-2H3,(H,11,12,13). The molecule has 0 spiro atoms. The number of ether oxygens (including phenoxy) is 1. The highest BCUT2D eigenvalue weighted by Crippen LogP contribution is 2.11. The van der Waals surface area contributed by atoms with Gasteiger partial charge in [0.15, 0.2) is 0 Å². The van der Waals surface area contributed by atoms with Crippen molar-refractivity contribution in [2.75, 3.05) is 25.1 Å². The molecule has 5 heteroatoms. The van der Waals surface area contributed by atoms with E-state index in [0.29, 0.717) is 0 Å². The van der Waals surface area contributed by atoms with Crippen LogP contribution in [0.4, 0.5) is 5.13 Å². The molecule has 1 rings (SSSR count). The summed E-state index contributed by atoms with van der Waals surface area (Å²) < 4.78 is 9.50. The molecule has 0 atom stereocenters. The molecule has 0 aliphatic heterocycles. The van der Waals surface area contributed by atoms with Crippen LogP contribution in [0.15, 0.2) is 0 Å². The molecule has 15 heavy (non-hydrogen) atoms. The first-order valence-corrected chi connectivity index (χ1v) is 6.28. The van der Waals surface area contributed by atoms with Crippen LogP contribution in [-0.2, 0) is 11.2 Å². The first-order valence-electron chi connectivity index (χ1n) is 5.51. The van der Waals surface area contributed by atoms with Crippen molar-refractivity contribution in [3.63, 3.8) is 0 Å². The lowest BCUT2D eigenvalue weighted by Gasteiger charge is -2.01. The second-order valence-electron chi connectivity index (χ2n) is 3.24. The van der Waals surface area contributed by atoms with E-state index in [-0.39, 0.29) is 0 Å². The Morgan fingerprint density at radius 3 is 3.00 bits per heavy atom. The second kappa shape index (κ2) is 7.59. The van der Waals surface area contributed by atoms with E-state index in [0.717, 1.165) is 50.0 Å². The molecule has 0 saturated carbocycles. The van der Waals surface area contributed by atoms with Crippen LogP contribution in [-0.4, -0.2) is 29.1 Å². The van der Waals surface area contributed by atoms with Gasteiger partial charge in [-0.2, -0.15) is 4.37 Å². The van der Waals surface area contributed by atoms with Gasteiger partial charge in [0.25, 0.3) is 0 Å². The second-order valence-corrected chi connectivity index (χ2v) is 3.99. The molecule has 0 aliphatic carbocycles. The van der Waals surface area contributed by atoms with Crippen molar-refractivity contribution in [3.8, 4) is 0 Å². The Labute approximate surface area is 95.2 Å². The van der Waals surface area contributed by atoms with Gasteiger partial charge in [0.1, 0.15) is 5.82 Å². The van der Waals surface area contributed by atoms with E-state index in [4.69, 9.17) is 4.74 Å². The van der Waals surface area contributed by atoms with Crippen LogP contribution in [0.2, 0.25) is 0 Å². The van der Waals surface area contributed by atoms with Crippen molar-refractivity contribution in [2.45, 2.75) is 33.1 Å². The highest BCUT2D eigenvalue weighted by atomic mass is 32.1. The molecule has 1 aromatic heterocycles. The normalized spacial score (nSPS) is 10.5. The smallest absolute Gasteiger partial charge is 0.202 e. The molecular weight excluding hydrogens is 210 g/mol. The average Bonchev–Trinajstić information content (AvgIpc) is 2.66. The van der Waals surface area contributed by atoms with E-state index in [1.807, 2.05) is 6.92 Å². The van der Waals surface area contributed by atoms with Crippen LogP contribution >= 0.6 is 11.5 Å². The summed E-state index contributed by atoms with van der Waals surface area (Å²) in [5, 5.41) is 4.17. The van der Waals surface area contributed by atoms with E-state index in [1.165, 1.54) is 11.5 Å². The first kappa shape index (κ1) is 12.4. The number of nitrogens with zero attached hydrogens (tertiary/aromatic N) is 2. The van der Waals surface area contributed by atoms with Crippen molar-refractivity contribution in [3.05, 3.63) is 5.82 Å². The SMILES string of the molecule is CCCc1nsc(NCCCOCC)n1. The minimum atomic E-state index is 0.791. The number of anilines is 1. The van der Waals surface area contributed by atoms with Gasteiger partial charge in [-0.15, -0.1) is 0 Å². The predicted octanol–water partition coefficient (Wildman–Crippen LogP) is 2.33. The van der Waals surface area contributed by atoms with E-state index in [1.54, 1.807) is 0 Å². The third-order valence-electron chi connectivity index (χ3n) is 1.89. The minimum Gasteiger partial charge on any atom is -0.382 e. The molecule has 0 aliphatic rings. The molecule has 0 aromatic carbocycles. The highest BCUT2D eigenvalue weighted by Gasteiger charge is 2.01. The maximum Gasteiger partial charge on any atom is 0.202 e. The van der Waals surface area contributed by atoms with E-state index in [2.05, 4.69) is 21.6 Å². The lowest BCUT2D eigenvalue weighted by molar-refractivity contribution is 0.147. The molecule has 4 nitrogen and oxygen atoms in total. The summed E-state index contributed by atoms with van der Waals surface area (Å²) in [6.45, 7) is 6.65. The minimum absolute atomic E-state index is 0.791. The number of nitrogens with one attached hydrogen (secondary N) is 1. The zero-order chi connectivity index (χ0) is 10.9. The van der Waals surface area contributed by atoms with Crippen LogP contribution < -0.4 is 5.32 Å². The zero-order valence-corrected chi connectivity index (χ0v) is 10.3. The molecule has 0 unspecified atom stereocenters. The molecular formula is C10H19N3OS. The summed E-state index contributed by atoms with van der Waals surface area (Å²) in [5.41, 5.74) is 0. The van der Waals surface area contributed by atoms with Gasteiger partial charge in [-0.05, 0) is 19.8 Å². The molecule has 1 heterocycles. The Kier molecular flexibility index (Phi) is 6.27. The number of hydrogen-bond donors (Lipinski definition) is 1. The van der Waals surface area contributed by atoms with Gasteiger partial charge in [0.2, 0.25) is 5.13 Å². The number of rotatable bonds is 8. The van der Waals surface area contributed by atoms with Crippen LogP contribution in [0.1, 0.15) is 32.5 Å². The molecule has 0 amide bonds. The zero-order valence-electron chi connectivity index (χ0n) is 9.45. The first-order chi connectivity index (χ1) is 7.36. The molecule has 1 N–H and O–H groups in total. The lowest BCUT2D eigenvalue weighted by atomic mass is 10.3. The predicted molar refractivity (Wildman–Crippen MR) is 63.5 cm³/mol. The van der Waals surface area contributed by atoms with E-state index >= 15 is 0 Å². The average molecular weight is 229 g/mol. The van der Waals surface area contributed by atoms with E-state index in [9.17, 15) is 0 Å². The Hall–Kier alpha value is -0.680. The van der Waals surface area contributed by atoms with Crippen molar-refractivity contribution in [2.24, 2.45) is 0 Å². The lowest BCUT2D eigenvalue weighted by Crippen LogP contribution is -2.05. The van der Waals surface area contributed by atoms with Gasteiger partial charge < -0.3 is 10.1 Å². The van der Waals surface area contributed by atoms with Crippen molar-refractivity contribution in [1.82, 2.24) is 9.36 Å². The Morgan fingerprint density at radius 1 is 1.40 bits per heavy atom. The van der Waals surface area contributed by atoms with Crippen molar-refractivity contribution >= 4 is 16.7 Å². The fraction of sp³-hybridized carbons (Fsp3) is 0.800. The van der Waals surface area contributed by atoms with Gasteiger partial charge in [-0.3, -0.25) is 0 Å². The Morgan fingerprint density at radius 2 is 2.27 bits per heavy atom. The monoisotopic (exact) mass is 229 g/mol. The molecule has 0 fully saturated rings. The van der Waals surface area contributed by atoms with Crippen LogP contribution in [0.5, 0.6) is 0 Å². The van der Waals surface area contributed by atoms with Crippen molar-refractivity contribution in [1.29, 1.82) is 0 Å². The summed E-state index contributed by atoms with van der Waals surface area (Å²) in [6.07, 6.45) is 3.08. The number of hydrogen-bond acceptors (Lipinski definition) is 5. The summed E-state index contributed by atoms with van der Waals surface area (Å²) in [4.78, 5) is 4.37. The highest BCUT2D eigenvalue weighted by molar-refractivity contribution is 7.09. The largest absolute Gasteiger partial charge is 0.382 e. The van der Waals surface area contributed by atoms with Crippen LogP contribution in [0.3, 0.4) is 0 Å². The van der Waals surface area contributed by atoms with Crippen LogP contribution in [0, 0.1) is 0 Å². The Balaban J connectivity index is 2.14. The fourth-order valence-electron chi connectivity index (χ4n) is 1.16. The van der Waals surface area contributed by atoms with Gasteiger partial charge in [-0.25, -0.2) is 4.98 Å². The number of aryl methyl sites for hydroxylation is 1. The third-order valence-corrected chi connectivity index (χ3v) is 2.60. The quantitative estimate of drug-likeness (QED) is 0.695. The molecule has 86 valence electrons. The fourth-order valence-corrected chi connectivity index (χ4v) is 1.80. The van der Waals surface area contributed by atoms with Gasteiger partial charge in [0.05, 0.1) is 0 Å². The maximum atomic E-state index is 5.24. The third kappa shape index (κ3) is 5.09. The molecule has 0 bridgehead atoms. The maximum absolute atomic E-state index is 5.24. The van der Waals surface area contributed by atoms with E-state index < -0.39 is 0 Å². The van der Waals surface area contributed by atoms with Gasteiger partial charge >= 0.3 is 0 Å². The summed E-state index contributed by atoms with van der Waals surface area (Å²) in [6, 6.07) is 0. The summed E-state index contributed by atoms with van der Waals surface area (Å²) in [7, 11) is 0. The summed E-state index contributed by atoms with van der Waals surface area (Å²) >= 11 is 1.44. The molecule has 1 aromatic rings. The van der Waals surface area contributed by atoms with Gasteiger partial charge in [-0.1, -0.05) is 6.92 Å². The summed E-state index contributed by atoms with van der Waals surface area (Å²) in [5.74, 6) is 0.954. The number of aromatic nitrogens is 2. The van der Waals surface area contributed by atoms with Crippen LogP contribution in [0.25, 0.3) is 0 Å². The molecule has 0 radical (unpaired) electrons.